The maximum absolute atomic E-state index is 13.4. The van der Waals surface area contributed by atoms with Crippen molar-refractivity contribution in [1.29, 1.82) is 0 Å². The van der Waals surface area contributed by atoms with Crippen LogP contribution in [0.5, 0.6) is 0 Å². The molecule has 0 atom stereocenters. The SMILES string of the molecule is Cc1ccc(S(=O)(=O)c2[nH]c(-c3ccccc3)nc2SCC(=O)Nc2ccc(Cl)cc2)cc1. The zero-order chi connectivity index (χ0) is 23.4. The van der Waals surface area contributed by atoms with Crippen molar-refractivity contribution in [2.45, 2.75) is 21.9 Å². The van der Waals surface area contributed by atoms with Gasteiger partial charge in [0.15, 0.2) is 5.03 Å². The number of aromatic nitrogens is 2. The number of sulfone groups is 1. The number of amides is 1. The Morgan fingerprint density at radius 2 is 1.67 bits per heavy atom. The molecule has 0 saturated heterocycles. The first kappa shape index (κ1) is 23.1. The summed E-state index contributed by atoms with van der Waals surface area (Å²) in [6.07, 6.45) is 0. The summed E-state index contributed by atoms with van der Waals surface area (Å²) in [5.41, 5.74) is 2.30. The third-order valence-electron chi connectivity index (χ3n) is 4.75. The van der Waals surface area contributed by atoms with Gasteiger partial charge in [0.2, 0.25) is 15.7 Å². The molecule has 9 heteroatoms. The van der Waals surface area contributed by atoms with Gasteiger partial charge in [0.1, 0.15) is 10.9 Å². The molecule has 168 valence electrons. The van der Waals surface area contributed by atoms with E-state index in [1.807, 2.05) is 37.3 Å². The summed E-state index contributed by atoms with van der Waals surface area (Å²) >= 11 is 6.93. The van der Waals surface area contributed by atoms with Crippen LogP contribution in [0.15, 0.2) is 93.8 Å². The van der Waals surface area contributed by atoms with Gasteiger partial charge in [-0.15, -0.1) is 0 Å². The Morgan fingerprint density at radius 3 is 2.33 bits per heavy atom. The molecular formula is C24H20ClN3O3S2. The van der Waals surface area contributed by atoms with Gasteiger partial charge in [0.05, 0.1) is 10.6 Å². The quantitative estimate of drug-likeness (QED) is 0.324. The van der Waals surface area contributed by atoms with Crippen LogP contribution < -0.4 is 5.32 Å². The molecule has 4 rings (SSSR count). The summed E-state index contributed by atoms with van der Waals surface area (Å²) in [6, 6.07) is 22.6. The van der Waals surface area contributed by atoms with Crippen LogP contribution in [0.2, 0.25) is 5.02 Å². The molecule has 1 amide bonds. The number of imidazole rings is 1. The maximum atomic E-state index is 13.4. The van der Waals surface area contributed by atoms with E-state index in [-0.39, 0.29) is 26.6 Å². The number of benzene rings is 3. The van der Waals surface area contributed by atoms with Crippen LogP contribution in [0.4, 0.5) is 5.69 Å². The van der Waals surface area contributed by atoms with Crippen LogP contribution in [0.25, 0.3) is 11.4 Å². The molecule has 0 fully saturated rings. The first-order chi connectivity index (χ1) is 15.8. The van der Waals surface area contributed by atoms with Gasteiger partial charge in [0.25, 0.3) is 0 Å². The summed E-state index contributed by atoms with van der Waals surface area (Å²) < 4.78 is 26.8. The highest BCUT2D eigenvalue weighted by atomic mass is 35.5. The minimum atomic E-state index is -3.87. The van der Waals surface area contributed by atoms with Gasteiger partial charge in [-0.25, -0.2) is 13.4 Å². The smallest absolute Gasteiger partial charge is 0.234 e. The fourth-order valence-electron chi connectivity index (χ4n) is 3.05. The van der Waals surface area contributed by atoms with E-state index in [1.54, 1.807) is 48.5 Å². The second kappa shape index (κ2) is 9.82. The van der Waals surface area contributed by atoms with Crippen molar-refractivity contribution in [2.24, 2.45) is 0 Å². The number of rotatable bonds is 7. The number of H-pyrrole nitrogens is 1. The van der Waals surface area contributed by atoms with E-state index in [0.717, 1.165) is 22.9 Å². The van der Waals surface area contributed by atoms with Gasteiger partial charge in [-0.3, -0.25) is 4.79 Å². The van der Waals surface area contributed by atoms with Gasteiger partial charge in [-0.2, -0.15) is 0 Å². The third-order valence-corrected chi connectivity index (χ3v) is 7.84. The second-order valence-electron chi connectivity index (χ2n) is 7.25. The van der Waals surface area contributed by atoms with Crippen molar-refractivity contribution in [2.75, 3.05) is 11.1 Å². The maximum Gasteiger partial charge on any atom is 0.234 e. The highest BCUT2D eigenvalue weighted by molar-refractivity contribution is 8.00. The van der Waals surface area contributed by atoms with Crippen LogP contribution >= 0.6 is 23.4 Å². The zero-order valence-corrected chi connectivity index (χ0v) is 20.0. The molecule has 3 aromatic carbocycles. The number of hydrogen-bond donors (Lipinski definition) is 2. The fraction of sp³-hybridized carbons (Fsp3) is 0.0833. The number of halogens is 1. The molecule has 6 nitrogen and oxygen atoms in total. The number of anilines is 1. The van der Waals surface area contributed by atoms with E-state index in [4.69, 9.17) is 11.6 Å². The molecule has 0 unspecified atom stereocenters. The monoisotopic (exact) mass is 497 g/mol. The Hall–Kier alpha value is -3.07. The molecule has 0 aliphatic rings. The number of carbonyl (C=O) groups excluding carboxylic acids is 1. The predicted molar refractivity (Wildman–Crippen MR) is 131 cm³/mol. The number of aromatic amines is 1. The molecule has 1 heterocycles. The van der Waals surface area contributed by atoms with Crippen molar-refractivity contribution in [3.8, 4) is 11.4 Å². The Morgan fingerprint density at radius 1 is 1.00 bits per heavy atom. The van der Waals surface area contributed by atoms with Crippen molar-refractivity contribution >= 4 is 44.8 Å². The standard InChI is InChI=1S/C24H20ClN3O3S2/c1-16-7-13-20(14-8-16)33(30,31)24-23(27-22(28-24)17-5-3-2-4-6-17)32-15-21(29)26-19-11-9-18(25)10-12-19/h2-14H,15H2,1H3,(H,26,29)(H,27,28). The third kappa shape index (κ3) is 5.47. The molecule has 0 aliphatic carbocycles. The first-order valence-corrected chi connectivity index (χ1v) is 12.8. The summed E-state index contributed by atoms with van der Waals surface area (Å²) in [4.78, 5) is 20.1. The van der Waals surface area contributed by atoms with E-state index < -0.39 is 9.84 Å². The largest absolute Gasteiger partial charge is 0.328 e. The molecule has 33 heavy (non-hydrogen) atoms. The van der Waals surface area contributed by atoms with E-state index in [2.05, 4.69) is 15.3 Å². The average molecular weight is 498 g/mol. The summed E-state index contributed by atoms with van der Waals surface area (Å²) in [7, 11) is -3.87. The van der Waals surface area contributed by atoms with Crippen LogP contribution in [-0.4, -0.2) is 30.0 Å². The van der Waals surface area contributed by atoms with Crippen LogP contribution in [0.3, 0.4) is 0 Å². The van der Waals surface area contributed by atoms with Gasteiger partial charge in [-0.1, -0.05) is 71.4 Å². The van der Waals surface area contributed by atoms with Crippen molar-refractivity contribution in [3.63, 3.8) is 0 Å². The molecule has 0 radical (unpaired) electrons. The summed E-state index contributed by atoms with van der Waals surface area (Å²) in [5.74, 6) is 0.116. The topological polar surface area (TPSA) is 91.9 Å². The lowest BCUT2D eigenvalue weighted by Crippen LogP contribution is -2.14. The van der Waals surface area contributed by atoms with Crippen LogP contribution in [-0.2, 0) is 14.6 Å². The lowest BCUT2D eigenvalue weighted by molar-refractivity contribution is -0.113. The number of aryl methyl sites for hydroxylation is 1. The molecule has 0 spiro atoms. The Labute approximate surface area is 201 Å². The number of nitrogens with one attached hydrogen (secondary N) is 2. The number of hydrogen-bond acceptors (Lipinski definition) is 5. The van der Waals surface area contributed by atoms with Gasteiger partial charge >= 0.3 is 0 Å². The molecule has 4 aromatic rings. The molecular weight excluding hydrogens is 478 g/mol. The van der Waals surface area contributed by atoms with Crippen molar-refractivity contribution in [3.05, 3.63) is 89.4 Å². The van der Waals surface area contributed by atoms with E-state index in [1.165, 1.54) is 0 Å². The molecule has 1 aromatic heterocycles. The first-order valence-electron chi connectivity index (χ1n) is 9.98. The highest BCUT2D eigenvalue weighted by Gasteiger charge is 2.26. The lowest BCUT2D eigenvalue weighted by Gasteiger charge is -2.07. The average Bonchev–Trinajstić information content (AvgIpc) is 3.25. The normalized spacial score (nSPS) is 11.3. The van der Waals surface area contributed by atoms with Gasteiger partial charge in [-0.05, 0) is 43.3 Å². The highest BCUT2D eigenvalue weighted by Crippen LogP contribution is 2.32. The van der Waals surface area contributed by atoms with Crippen molar-refractivity contribution in [1.82, 2.24) is 9.97 Å². The molecule has 0 saturated carbocycles. The molecule has 0 bridgehead atoms. The van der Waals surface area contributed by atoms with Crippen LogP contribution in [0.1, 0.15) is 5.56 Å². The summed E-state index contributed by atoms with van der Waals surface area (Å²) in [5, 5.41) is 3.54. The predicted octanol–water partition coefficient (Wildman–Crippen LogP) is 5.60. The minimum absolute atomic E-state index is 0.0157. The number of nitrogens with zero attached hydrogens (tertiary/aromatic N) is 1. The second-order valence-corrected chi connectivity index (χ2v) is 10.5. The Bertz CT molecular complexity index is 1370. The van der Waals surface area contributed by atoms with Crippen molar-refractivity contribution < 1.29 is 13.2 Å². The number of carbonyl (C=O) groups is 1. The van der Waals surface area contributed by atoms with E-state index in [0.29, 0.717) is 16.5 Å². The minimum Gasteiger partial charge on any atom is -0.328 e. The summed E-state index contributed by atoms with van der Waals surface area (Å²) in [6.45, 7) is 1.89. The van der Waals surface area contributed by atoms with Crippen LogP contribution in [0, 0.1) is 6.92 Å². The van der Waals surface area contributed by atoms with Gasteiger partial charge < -0.3 is 10.3 Å². The molecule has 0 aliphatic heterocycles. The number of thioether (sulfide) groups is 1. The lowest BCUT2D eigenvalue weighted by atomic mass is 10.2. The van der Waals surface area contributed by atoms with Gasteiger partial charge in [0, 0.05) is 16.3 Å². The van der Waals surface area contributed by atoms with E-state index in [9.17, 15) is 13.2 Å². The van der Waals surface area contributed by atoms with E-state index >= 15 is 0 Å². The Balaban J connectivity index is 1.63. The Kier molecular flexibility index (Phi) is 6.88. The zero-order valence-electron chi connectivity index (χ0n) is 17.6. The molecule has 2 N–H and O–H groups in total. The fourth-order valence-corrected chi connectivity index (χ4v) is 5.60.